The molecule has 123 valence electrons. The summed E-state index contributed by atoms with van der Waals surface area (Å²) in [7, 11) is -1.89. The van der Waals surface area contributed by atoms with E-state index in [-0.39, 0.29) is 7.83 Å². The highest BCUT2D eigenvalue weighted by atomic mass is 127. The highest BCUT2D eigenvalue weighted by Gasteiger charge is 2.39. The molecule has 0 aromatic heterocycles. The molecule has 0 aromatic rings. The standard InChI is InChI=1S/C17H36ISi3/c1-15-13-16(9-8-11-18)14-17(15)10-12-19(20(2,3)4)21(5,6)7/h13,16-17H,8-12,14H2,1-7H3/t16-,17+/m0/s1. The van der Waals surface area contributed by atoms with Crippen molar-refractivity contribution in [2.24, 2.45) is 11.8 Å². The minimum atomic E-state index is -0.911. The van der Waals surface area contributed by atoms with Crippen molar-refractivity contribution in [2.45, 2.75) is 77.9 Å². The Hall–Kier alpha value is 1.12. The minimum absolute atomic E-state index is 0.0704. The number of allylic oxidation sites excluding steroid dienone is 2. The fourth-order valence-corrected chi connectivity index (χ4v) is 41.4. The normalized spacial score (nSPS) is 23.8. The van der Waals surface area contributed by atoms with Crippen LogP contribution in [-0.2, 0) is 0 Å². The van der Waals surface area contributed by atoms with Crippen LogP contribution in [0.2, 0.25) is 45.3 Å². The summed E-state index contributed by atoms with van der Waals surface area (Å²) in [5.74, 6) is 1.83. The molecule has 4 heteroatoms. The maximum Gasteiger partial charge on any atom is 0.0334 e. The molecule has 0 saturated heterocycles. The van der Waals surface area contributed by atoms with E-state index in [2.05, 4.69) is 74.9 Å². The van der Waals surface area contributed by atoms with E-state index in [0.29, 0.717) is 0 Å². The van der Waals surface area contributed by atoms with Crippen molar-refractivity contribution < 1.29 is 0 Å². The van der Waals surface area contributed by atoms with Crippen molar-refractivity contribution in [3.63, 3.8) is 0 Å². The largest absolute Gasteiger partial charge is 0.0864 e. The Bertz CT molecular complexity index is 338. The lowest BCUT2D eigenvalue weighted by Gasteiger charge is -2.37. The molecule has 1 aliphatic rings. The summed E-state index contributed by atoms with van der Waals surface area (Å²) < 4.78 is 1.32. The highest BCUT2D eigenvalue weighted by Crippen LogP contribution is 2.37. The molecule has 0 unspecified atom stereocenters. The maximum absolute atomic E-state index is 2.64. The molecular weight excluding hydrogens is 415 g/mol. The van der Waals surface area contributed by atoms with Crippen LogP contribution >= 0.6 is 22.6 Å². The van der Waals surface area contributed by atoms with E-state index in [1.165, 1.54) is 30.1 Å². The second kappa shape index (κ2) is 8.29. The van der Waals surface area contributed by atoms with Gasteiger partial charge in [0, 0.05) is 23.0 Å². The SMILES string of the molecule is CC1=C[C@H](CCCI)C[C@H]1CC[Si]([Si](C)(C)C)[Si](C)(C)C. The van der Waals surface area contributed by atoms with Gasteiger partial charge in [-0.15, -0.1) is 0 Å². The summed E-state index contributed by atoms with van der Waals surface area (Å²) in [5.41, 5.74) is 1.72. The second-order valence-corrected chi connectivity index (χ2v) is 34.6. The first kappa shape index (κ1) is 20.2. The first-order chi connectivity index (χ1) is 9.55. The molecule has 0 nitrogen and oxygen atoms in total. The van der Waals surface area contributed by atoms with Gasteiger partial charge in [-0.3, -0.25) is 0 Å². The van der Waals surface area contributed by atoms with Gasteiger partial charge in [-0.05, 0) is 48.9 Å². The van der Waals surface area contributed by atoms with Crippen LogP contribution in [0, 0.1) is 11.8 Å². The van der Waals surface area contributed by atoms with E-state index in [4.69, 9.17) is 0 Å². The second-order valence-electron chi connectivity index (χ2n) is 8.95. The van der Waals surface area contributed by atoms with Gasteiger partial charge in [0.15, 0.2) is 0 Å². The summed E-state index contributed by atoms with van der Waals surface area (Å²) in [5, 5.41) is 0. The lowest BCUT2D eigenvalue weighted by molar-refractivity contribution is 0.475. The van der Waals surface area contributed by atoms with Crippen molar-refractivity contribution in [1.29, 1.82) is 0 Å². The Labute approximate surface area is 150 Å². The third-order valence-electron chi connectivity index (χ3n) is 4.99. The molecule has 0 spiro atoms. The summed E-state index contributed by atoms with van der Waals surface area (Å²) >= 11 is 2.52. The third-order valence-corrected chi connectivity index (χ3v) is 36.0. The van der Waals surface area contributed by atoms with Crippen molar-refractivity contribution in [2.75, 3.05) is 4.43 Å². The van der Waals surface area contributed by atoms with Gasteiger partial charge in [-0.25, -0.2) is 0 Å². The summed E-state index contributed by atoms with van der Waals surface area (Å²) in [6.07, 6.45) is 8.42. The van der Waals surface area contributed by atoms with Crippen molar-refractivity contribution >= 4 is 45.6 Å². The number of hydrogen-bond acceptors (Lipinski definition) is 0. The molecule has 1 radical (unpaired) electrons. The smallest absolute Gasteiger partial charge is 0.0334 e. The van der Waals surface area contributed by atoms with Crippen LogP contribution in [0.3, 0.4) is 0 Å². The molecule has 0 saturated carbocycles. The van der Waals surface area contributed by atoms with Crippen LogP contribution in [0.5, 0.6) is 0 Å². The average Bonchev–Trinajstić information content (AvgIpc) is 2.64. The van der Waals surface area contributed by atoms with Crippen LogP contribution in [0.25, 0.3) is 0 Å². The quantitative estimate of drug-likeness (QED) is 0.171. The number of alkyl halides is 1. The van der Waals surface area contributed by atoms with Crippen LogP contribution in [0.4, 0.5) is 0 Å². The first-order valence-corrected chi connectivity index (χ1v) is 20.9. The molecule has 1 aliphatic carbocycles. The molecule has 2 atom stereocenters. The lowest BCUT2D eigenvalue weighted by atomic mass is 9.95. The van der Waals surface area contributed by atoms with Gasteiger partial charge in [0.05, 0.1) is 0 Å². The first-order valence-electron chi connectivity index (χ1n) is 8.66. The number of hydrogen-bond donors (Lipinski definition) is 0. The summed E-state index contributed by atoms with van der Waals surface area (Å²) in [6, 6.07) is 1.60. The van der Waals surface area contributed by atoms with E-state index in [9.17, 15) is 0 Å². The number of rotatable bonds is 8. The van der Waals surface area contributed by atoms with Gasteiger partial charge in [0.1, 0.15) is 0 Å². The van der Waals surface area contributed by atoms with E-state index in [1.807, 2.05) is 0 Å². The fraction of sp³-hybridized carbons (Fsp3) is 0.882. The third kappa shape index (κ3) is 6.63. The summed E-state index contributed by atoms with van der Waals surface area (Å²) in [6.45, 7) is 18.2. The van der Waals surface area contributed by atoms with Gasteiger partial charge >= 0.3 is 0 Å². The Kier molecular flexibility index (Phi) is 7.96. The Morgan fingerprint density at radius 3 is 2.14 bits per heavy atom. The molecular formula is C17H36ISi3. The Balaban J connectivity index is 2.56. The molecule has 0 heterocycles. The molecule has 0 aliphatic heterocycles. The fourth-order valence-electron chi connectivity index (χ4n) is 4.21. The molecule has 1 rings (SSSR count). The molecule has 0 fully saturated rings. The molecule has 0 amide bonds. The minimum Gasteiger partial charge on any atom is -0.0864 e. The van der Waals surface area contributed by atoms with Crippen LogP contribution in [-0.4, -0.2) is 27.4 Å². The monoisotopic (exact) mass is 451 g/mol. The van der Waals surface area contributed by atoms with Gasteiger partial charge in [0.25, 0.3) is 0 Å². The van der Waals surface area contributed by atoms with Gasteiger partial charge in [-0.2, -0.15) is 0 Å². The average molecular weight is 452 g/mol. The topological polar surface area (TPSA) is 0 Å². The molecule has 0 bridgehead atoms. The zero-order chi connectivity index (χ0) is 16.3. The van der Waals surface area contributed by atoms with E-state index in [1.54, 1.807) is 11.6 Å². The van der Waals surface area contributed by atoms with E-state index in [0.717, 1.165) is 11.8 Å². The van der Waals surface area contributed by atoms with E-state index >= 15 is 0 Å². The lowest BCUT2D eigenvalue weighted by Crippen LogP contribution is -2.58. The Morgan fingerprint density at radius 2 is 1.67 bits per heavy atom. The Morgan fingerprint density at radius 1 is 1.10 bits per heavy atom. The molecule has 0 aromatic carbocycles. The van der Waals surface area contributed by atoms with Gasteiger partial charge in [-0.1, -0.05) is 79.6 Å². The van der Waals surface area contributed by atoms with Gasteiger partial charge in [0.2, 0.25) is 0 Å². The molecule has 0 N–H and O–H groups in total. The molecule has 21 heavy (non-hydrogen) atoms. The predicted molar refractivity (Wildman–Crippen MR) is 115 cm³/mol. The zero-order valence-electron chi connectivity index (χ0n) is 15.4. The van der Waals surface area contributed by atoms with Crippen LogP contribution in [0.1, 0.15) is 32.6 Å². The predicted octanol–water partition coefficient (Wildman–Crippen LogP) is 6.50. The van der Waals surface area contributed by atoms with Crippen molar-refractivity contribution in [3.05, 3.63) is 11.6 Å². The summed E-state index contributed by atoms with van der Waals surface area (Å²) in [4.78, 5) is 0. The zero-order valence-corrected chi connectivity index (χ0v) is 20.5. The van der Waals surface area contributed by atoms with Crippen molar-refractivity contribution in [3.8, 4) is 0 Å². The van der Waals surface area contributed by atoms with Crippen LogP contribution < -0.4 is 0 Å². The number of halogens is 1. The van der Waals surface area contributed by atoms with Crippen LogP contribution in [0.15, 0.2) is 11.6 Å². The highest BCUT2D eigenvalue weighted by molar-refractivity contribution is 14.1. The van der Waals surface area contributed by atoms with Crippen molar-refractivity contribution in [1.82, 2.24) is 0 Å². The van der Waals surface area contributed by atoms with Gasteiger partial charge < -0.3 is 0 Å². The maximum atomic E-state index is 2.64. The van der Waals surface area contributed by atoms with E-state index < -0.39 is 15.2 Å².